The van der Waals surface area contributed by atoms with Gasteiger partial charge in [0, 0.05) is 17.4 Å². The number of hydrogen-bond donors (Lipinski definition) is 2. The van der Waals surface area contributed by atoms with Crippen molar-refractivity contribution < 1.29 is 19.0 Å². The van der Waals surface area contributed by atoms with Crippen LogP contribution in [0.2, 0.25) is 0 Å². The first-order valence-corrected chi connectivity index (χ1v) is 5.96. The predicted molar refractivity (Wildman–Crippen MR) is 74.4 cm³/mol. The number of methoxy groups -OCH3 is 1. The van der Waals surface area contributed by atoms with Crippen molar-refractivity contribution >= 4 is 17.3 Å². The SMILES string of the molecule is COc1ccc(Nc2cc(C(=O)O)ccc2C)cc1F. The van der Waals surface area contributed by atoms with Crippen LogP contribution in [0.25, 0.3) is 0 Å². The van der Waals surface area contributed by atoms with E-state index in [1.165, 1.54) is 31.4 Å². The summed E-state index contributed by atoms with van der Waals surface area (Å²) < 4.78 is 18.4. The number of anilines is 2. The molecule has 2 N–H and O–H groups in total. The Kier molecular flexibility index (Phi) is 3.89. The van der Waals surface area contributed by atoms with E-state index in [0.717, 1.165) is 5.56 Å². The second kappa shape index (κ2) is 5.61. The van der Waals surface area contributed by atoms with E-state index in [0.29, 0.717) is 11.4 Å². The second-order valence-corrected chi connectivity index (χ2v) is 4.31. The minimum Gasteiger partial charge on any atom is -0.494 e. The van der Waals surface area contributed by atoms with E-state index >= 15 is 0 Å². The number of ether oxygens (including phenoxy) is 1. The van der Waals surface area contributed by atoms with Crippen LogP contribution in [0.5, 0.6) is 5.75 Å². The quantitative estimate of drug-likeness (QED) is 0.895. The summed E-state index contributed by atoms with van der Waals surface area (Å²) >= 11 is 0. The highest BCUT2D eigenvalue weighted by Crippen LogP contribution is 2.25. The van der Waals surface area contributed by atoms with Gasteiger partial charge in [-0.3, -0.25) is 0 Å². The standard InChI is InChI=1S/C15H14FNO3/c1-9-3-4-10(15(18)19)7-13(9)17-11-5-6-14(20-2)12(16)8-11/h3-8,17H,1-2H3,(H,18,19). The highest BCUT2D eigenvalue weighted by Gasteiger charge is 2.08. The summed E-state index contributed by atoms with van der Waals surface area (Å²) in [4.78, 5) is 11.0. The summed E-state index contributed by atoms with van der Waals surface area (Å²) in [6.07, 6.45) is 0. The number of halogens is 1. The fraction of sp³-hybridized carbons (Fsp3) is 0.133. The molecule has 0 saturated heterocycles. The molecule has 0 unspecified atom stereocenters. The van der Waals surface area contributed by atoms with E-state index in [-0.39, 0.29) is 11.3 Å². The second-order valence-electron chi connectivity index (χ2n) is 4.31. The first-order chi connectivity index (χ1) is 9.51. The molecule has 0 amide bonds. The van der Waals surface area contributed by atoms with Gasteiger partial charge in [0.25, 0.3) is 0 Å². The molecular formula is C15H14FNO3. The Morgan fingerprint density at radius 2 is 2.00 bits per heavy atom. The highest BCUT2D eigenvalue weighted by molar-refractivity contribution is 5.89. The van der Waals surface area contributed by atoms with Gasteiger partial charge in [-0.25, -0.2) is 9.18 Å². The van der Waals surface area contributed by atoms with Crippen LogP contribution < -0.4 is 10.1 Å². The van der Waals surface area contributed by atoms with Gasteiger partial charge < -0.3 is 15.2 Å². The average molecular weight is 275 g/mol. The van der Waals surface area contributed by atoms with Crippen LogP contribution in [0, 0.1) is 12.7 Å². The predicted octanol–water partition coefficient (Wildman–Crippen LogP) is 3.58. The Labute approximate surface area is 115 Å². The van der Waals surface area contributed by atoms with Gasteiger partial charge in [-0.15, -0.1) is 0 Å². The lowest BCUT2D eigenvalue weighted by Gasteiger charge is -2.11. The number of carbonyl (C=O) groups is 1. The van der Waals surface area contributed by atoms with Crippen molar-refractivity contribution in [3.05, 3.63) is 53.3 Å². The fourth-order valence-corrected chi connectivity index (χ4v) is 1.79. The number of benzene rings is 2. The number of carboxylic acids is 1. The topological polar surface area (TPSA) is 58.6 Å². The summed E-state index contributed by atoms with van der Waals surface area (Å²) in [5.74, 6) is -1.33. The van der Waals surface area contributed by atoms with Crippen molar-refractivity contribution in [3.63, 3.8) is 0 Å². The van der Waals surface area contributed by atoms with Crippen LogP contribution in [0.1, 0.15) is 15.9 Å². The monoisotopic (exact) mass is 275 g/mol. The minimum absolute atomic E-state index is 0.159. The van der Waals surface area contributed by atoms with Crippen LogP contribution in [0.15, 0.2) is 36.4 Å². The van der Waals surface area contributed by atoms with Crippen molar-refractivity contribution in [2.75, 3.05) is 12.4 Å². The zero-order valence-electron chi connectivity index (χ0n) is 11.1. The Morgan fingerprint density at radius 1 is 1.25 bits per heavy atom. The molecule has 0 spiro atoms. The molecule has 104 valence electrons. The molecule has 0 bridgehead atoms. The Bertz CT molecular complexity index is 656. The van der Waals surface area contributed by atoms with Crippen LogP contribution >= 0.6 is 0 Å². The van der Waals surface area contributed by atoms with E-state index in [1.54, 1.807) is 12.1 Å². The number of carboxylic acid groups (broad SMARTS) is 1. The number of nitrogens with one attached hydrogen (secondary N) is 1. The minimum atomic E-state index is -1.01. The lowest BCUT2D eigenvalue weighted by atomic mass is 10.1. The summed E-state index contributed by atoms with van der Waals surface area (Å²) in [5.41, 5.74) is 2.18. The third-order valence-electron chi connectivity index (χ3n) is 2.92. The van der Waals surface area contributed by atoms with Gasteiger partial charge in [0.2, 0.25) is 0 Å². The molecule has 20 heavy (non-hydrogen) atoms. The molecule has 0 aliphatic carbocycles. The molecule has 0 atom stereocenters. The zero-order valence-corrected chi connectivity index (χ0v) is 11.1. The van der Waals surface area contributed by atoms with Gasteiger partial charge in [-0.05, 0) is 36.8 Å². The highest BCUT2D eigenvalue weighted by atomic mass is 19.1. The maximum Gasteiger partial charge on any atom is 0.335 e. The van der Waals surface area contributed by atoms with Crippen molar-refractivity contribution in [1.82, 2.24) is 0 Å². The molecule has 0 heterocycles. The van der Waals surface area contributed by atoms with E-state index in [1.807, 2.05) is 6.92 Å². The number of aryl methyl sites for hydroxylation is 1. The van der Waals surface area contributed by atoms with E-state index in [4.69, 9.17) is 9.84 Å². The van der Waals surface area contributed by atoms with Gasteiger partial charge in [-0.1, -0.05) is 6.07 Å². The van der Waals surface area contributed by atoms with Crippen LogP contribution in [0.3, 0.4) is 0 Å². The molecule has 2 aromatic rings. The molecule has 5 heteroatoms. The molecule has 0 aliphatic heterocycles. The molecule has 2 aromatic carbocycles. The molecular weight excluding hydrogens is 261 g/mol. The van der Waals surface area contributed by atoms with Crippen molar-refractivity contribution in [1.29, 1.82) is 0 Å². The van der Waals surface area contributed by atoms with E-state index < -0.39 is 11.8 Å². The van der Waals surface area contributed by atoms with Crippen LogP contribution in [0.4, 0.5) is 15.8 Å². The number of rotatable bonds is 4. The smallest absolute Gasteiger partial charge is 0.335 e. The van der Waals surface area contributed by atoms with Gasteiger partial charge in [0.1, 0.15) is 0 Å². The summed E-state index contributed by atoms with van der Waals surface area (Å²) in [6, 6.07) is 9.21. The molecule has 2 rings (SSSR count). The number of aromatic carboxylic acids is 1. The normalized spacial score (nSPS) is 10.2. The van der Waals surface area contributed by atoms with Gasteiger partial charge in [0.15, 0.2) is 11.6 Å². The molecule has 0 aromatic heterocycles. The Balaban J connectivity index is 2.32. The largest absolute Gasteiger partial charge is 0.494 e. The maximum atomic E-state index is 13.6. The first kappa shape index (κ1) is 13.9. The zero-order chi connectivity index (χ0) is 14.7. The molecule has 0 aliphatic rings. The van der Waals surface area contributed by atoms with E-state index in [9.17, 15) is 9.18 Å². The molecule has 4 nitrogen and oxygen atoms in total. The summed E-state index contributed by atoms with van der Waals surface area (Å²) in [7, 11) is 1.39. The summed E-state index contributed by atoms with van der Waals surface area (Å²) in [5, 5.41) is 12.0. The van der Waals surface area contributed by atoms with Gasteiger partial charge in [-0.2, -0.15) is 0 Å². The third-order valence-corrected chi connectivity index (χ3v) is 2.92. The number of hydrogen-bond acceptors (Lipinski definition) is 3. The third kappa shape index (κ3) is 2.88. The molecule has 0 saturated carbocycles. The van der Waals surface area contributed by atoms with Crippen molar-refractivity contribution in [3.8, 4) is 5.75 Å². The van der Waals surface area contributed by atoms with Gasteiger partial charge in [0.05, 0.1) is 12.7 Å². The molecule has 0 radical (unpaired) electrons. The van der Waals surface area contributed by atoms with Gasteiger partial charge >= 0.3 is 5.97 Å². The van der Waals surface area contributed by atoms with Crippen LogP contribution in [-0.4, -0.2) is 18.2 Å². The maximum absolute atomic E-state index is 13.6. The lowest BCUT2D eigenvalue weighted by Crippen LogP contribution is -2.00. The van der Waals surface area contributed by atoms with E-state index in [2.05, 4.69) is 5.32 Å². The Morgan fingerprint density at radius 3 is 2.60 bits per heavy atom. The average Bonchev–Trinajstić information content (AvgIpc) is 2.41. The van der Waals surface area contributed by atoms with Crippen molar-refractivity contribution in [2.24, 2.45) is 0 Å². The van der Waals surface area contributed by atoms with Crippen LogP contribution in [-0.2, 0) is 0 Å². The summed E-state index contributed by atoms with van der Waals surface area (Å²) in [6.45, 7) is 1.84. The Hall–Kier alpha value is -2.56. The lowest BCUT2D eigenvalue weighted by molar-refractivity contribution is 0.0697. The van der Waals surface area contributed by atoms with Crippen molar-refractivity contribution in [2.45, 2.75) is 6.92 Å². The first-order valence-electron chi connectivity index (χ1n) is 5.96. The molecule has 0 fully saturated rings. The fourth-order valence-electron chi connectivity index (χ4n) is 1.79.